The molecule has 3 heterocycles. The van der Waals surface area contributed by atoms with Crippen LogP contribution in [0.25, 0.3) is 16.9 Å². The van der Waals surface area contributed by atoms with E-state index in [1.165, 1.54) is 5.56 Å². The van der Waals surface area contributed by atoms with E-state index >= 15 is 0 Å². The molecule has 0 bridgehead atoms. The number of aromatic nitrogens is 7. The molecule has 27 heavy (non-hydrogen) atoms. The monoisotopic (exact) mass is 359 g/mol. The van der Waals surface area contributed by atoms with Crippen LogP contribution >= 0.6 is 0 Å². The Morgan fingerprint density at radius 2 is 1.81 bits per heavy atom. The van der Waals surface area contributed by atoms with E-state index in [2.05, 4.69) is 45.2 Å². The average molecular weight is 359 g/mol. The zero-order chi connectivity index (χ0) is 18.7. The summed E-state index contributed by atoms with van der Waals surface area (Å²) in [6.07, 6.45) is 1.05. The third kappa shape index (κ3) is 2.70. The van der Waals surface area contributed by atoms with Crippen LogP contribution in [0.1, 0.15) is 52.8 Å². The molecule has 1 fully saturated rings. The minimum atomic E-state index is 0.358. The number of aromatic amines is 1. The highest BCUT2D eigenvalue weighted by Crippen LogP contribution is 2.53. The van der Waals surface area contributed by atoms with Gasteiger partial charge < -0.3 is 4.98 Å². The number of fused-ring (bicyclic) bond motifs is 1. The van der Waals surface area contributed by atoms with Crippen LogP contribution in [-0.2, 0) is 0 Å². The largest absolute Gasteiger partial charge is 0.342 e. The second-order valence-corrected chi connectivity index (χ2v) is 7.36. The molecule has 7 nitrogen and oxygen atoms in total. The molecule has 136 valence electrons. The van der Waals surface area contributed by atoms with Gasteiger partial charge in [0.05, 0.1) is 16.7 Å². The highest BCUT2D eigenvalue weighted by atomic mass is 15.4. The van der Waals surface area contributed by atoms with E-state index in [9.17, 15) is 0 Å². The lowest BCUT2D eigenvalue weighted by Crippen LogP contribution is -2.06. The molecule has 0 radical (unpaired) electrons. The Hall–Kier alpha value is -3.09. The Balaban J connectivity index is 1.49. The lowest BCUT2D eigenvalue weighted by Gasteiger charge is -2.06. The zero-order valence-corrected chi connectivity index (χ0v) is 15.9. The minimum Gasteiger partial charge on any atom is -0.342 e. The summed E-state index contributed by atoms with van der Waals surface area (Å²) < 4.78 is 1.79. The van der Waals surface area contributed by atoms with Gasteiger partial charge in [-0.2, -0.15) is 4.68 Å². The fourth-order valence-electron chi connectivity index (χ4n) is 3.81. The van der Waals surface area contributed by atoms with Crippen molar-refractivity contribution in [2.24, 2.45) is 0 Å². The lowest BCUT2D eigenvalue weighted by molar-refractivity contribution is 0.777. The maximum Gasteiger partial charge on any atom is 0.159 e. The summed E-state index contributed by atoms with van der Waals surface area (Å²) >= 11 is 0. The van der Waals surface area contributed by atoms with Crippen molar-refractivity contribution in [3.63, 3.8) is 0 Å². The average Bonchev–Trinajstić information content (AvgIpc) is 3.18. The third-order valence-electron chi connectivity index (χ3n) is 5.19. The quantitative estimate of drug-likeness (QED) is 0.606. The summed E-state index contributed by atoms with van der Waals surface area (Å²) in [5, 5.41) is 4.45. The molecule has 0 amide bonds. The van der Waals surface area contributed by atoms with Crippen LogP contribution in [0.15, 0.2) is 24.3 Å². The predicted octanol–water partition coefficient (Wildman–Crippen LogP) is 3.44. The number of imidazole rings is 1. The summed E-state index contributed by atoms with van der Waals surface area (Å²) in [6, 6.07) is 8.28. The van der Waals surface area contributed by atoms with E-state index in [4.69, 9.17) is 9.97 Å². The number of hydrogen-bond acceptors (Lipinski definition) is 5. The van der Waals surface area contributed by atoms with E-state index in [1.807, 2.05) is 26.8 Å². The van der Waals surface area contributed by atoms with Gasteiger partial charge in [-0.1, -0.05) is 12.1 Å². The first kappa shape index (κ1) is 16.1. The van der Waals surface area contributed by atoms with Gasteiger partial charge >= 0.3 is 0 Å². The summed E-state index contributed by atoms with van der Waals surface area (Å²) in [6.45, 7) is 7.85. The topological polar surface area (TPSA) is 85.2 Å². The van der Waals surface area contributed by atoms with E-state index in [0.717, 1.165) is 52.3 Å². The molecular formula is C20H21N7. The molecule has 1 aliphatic rings. The molecule has 4 aromatic rings. The van der Waals surface area contributed by atoms with Crippen molar-refractivity contribution >= 4 is 11.0 Å². The highest BCUT2D eigenvalue weighted by molar-refractivity contribution is 5.78. The number of nitrogens with one attached hydrogen (secondary N) is 1. The summed E-state index contributed by atoms with van der Waals surface area (Å²) in [7, 11) is 0. The Bertz CT molecular complexity index is 1170. The van der Waals surface area contributed by atoms with Gasteiger partial charge in [-0.25, -0.2) is 19.9 Å². The number of H-pyrrole nitrogens is 1. The van der Waals surface area contributed by atoms with Crippen LogP contribution in [0.4, 0.5) is 0 Å². The van der Waals surface area contributed by atoms with Crippen LogP contribution < -0.4 is 0 Å². The summed E-state index contributed by atoms with van der Waals surface area (Å²) in [5.41, 5.74) is 4.41. The van der Waals surface area contributed by atoms with Crippen molar-refractivity contribution < 1.29 is 0 Å². The van der Waals surface area contributed by atoms with E-state index in [1.54, 1.807) is 4.68 Å². The van der Waals surface area contributed by atoms with Gasteiger partial charge in [0.1, 0.15) is 23.3 Å². The van der Waals surface area contributed by atoms with E-state index in [0.29, 0.717) is 11.8 Å². The van der Waals surface area contributed by atoms with Crippen molar-refractivity contribution in [2.75, 3.05) is 0 Å². The first-order chi connectivity index (χ1) is 13.0. The van der Waals surface area contributed by atoms with Crippen LogP contribution in [0.5, 0.6) is 0 Å². The van der Waals surface area contributed by atoms with Crippen LogP contribution in [0, 0.1) is 27.7 Å². The molecule has 1 N–H and O–H groups in total. The fraction of sp³-hybridized carbons (Fsp3) is 0.350. The number of hydrogen-bond donors (Lipinski definition) is 1. The number of nitrogens with zero attached hydrogens (tertiary/aromatic N) is 6. The molecular weight excluding hydrogens is 338 g/mol. The molecule has 1 aromatic carbocycles. The molecule has 2 atom stereocenters. The Labute approximate surface area is 156 Å². The molecule has 5 rings (SSSR count). The molecule has 0 spiro atoms. The Morgan fingerprint density at radius 3 is 2.56 bits per heavy atom. The molecule has 0 saturated heterocycles. The van der Waals surface area contributed by atoms with Crippen molar-refractivity contribution in [1.82, 2.24) is 34.7 Å². The number of aryl methyl sites for hydroxylation is 4. The molecule has 7 heteroatoms. The predicted molar refractivity (Wildman–Crippen MR) is 102 cm³/mol. The second kappa shape index (κ2) is 5.70. The van der Waals surface area contributed by atoms with E-state index < -0.39 is 0 Å². The van der Waals surface area contributed by atoms with Gasteiger partial charge in [-0.05, 0) is 45.7 Å². The number of rotatable bonds is 3. The zero-order valence-electron chi connectivity index (χ0n) is 15.9. The smallest absolute Gasteiger partial charge is 0.159 e. The molecule has 0 aliphatic heterocycles. The van der Waals surface area contributed by atoms with Gasteiger partial charge in [0, 0.05) is 17.9 Å². The lowest BCUT2D eigenvalue weighted by atomic mass is 10.2. The van der Waals surface area contributed by atoms with E-state index in [-0.39, 0.29) is 0 Å². The van der Waals surface area contributed by atoms with Gasteiger partial charge in [0.2, 0.25) is 0 Å². The first-order valence-corrected chi connectivity index (χ1v) is 9.21. The third-order valence-corrected chi connectivity index (χ3v) is 5.19. The second-order valence-electron chi connectivity index (χ2n) is 7.36. The van der Waals surface area contributed by atoms with Gasteiger partial charge in [-0.15, -0.1) is 5.10 Å². The molecule has 1 aliphatic carbocycles. The molecule has 2 unspecified atom stereocenters. The standard InChI is InChI=1S/C20H21N7/c1-10-6-5-7-16-19(10)25-20(24-16)15-8-14(15)17-9-18(23-11(2)22-17)27-13(4)21-12(3)26-27/h5-7,9,14-15H,8H2,1-4H3,(H,24,25). The van der Waals surface area contributed by atoms with Crippen LogP contribution in [0.2, 0.25) is 0 Å². The van der Waals surface area contributed by atoms with Crippen molar-refractivity contribution in [3.8, 4) is 5.82 Å². The Kier molecular flexibility index (Phi) is 3.40. The summed E-state index contributed by atoms with van der Waals surface area (Å²) in [5.74, 6) is 4.88. The highest BCUT2D eigenvalue weighted by Gasteiger charge is 2.43. The van der Waals surface area contributed by atoms with Crippen LogP contribution in [0.3, 0.4) is 0 Å². The summed E-state index contributed by atoms with van der Waals surface area (Å²) in [4.78, 5) is 22.0. The number of benzene rings is 1. The molecule has 3 aromatic heterocycles. The van der Waals surface area contributed by atoms with Crippen LogP contribution in [-0.4, -0.2) is 34.7 Å². The van der Waals surface area contributed by atoms with Crippen molar-refractivity contribution in [3.05, 3.63) is 58.8 Å². The fourth-order valence-corrected chi connectivity index (χ4v) is 3.81. The van der Waals surface area contributed by atoms with Gasteiger partial charge in [0.15, 0.2) is 5.82 Å². The maximum absolute atomic E-state index is 4.84. The van der Waals surface area contributed by atoms with Crippen molar-refractivity contribution in [2.45, 2.75) is 46.0 Å². The van der Waals surface area contributed by atoms with Gasteiger partial charge in [-0.3, -0.25) is 0 Å². The normalized spacial score (nSPS) is 19.0. The molecule has 1 saturated carbocycles. The van der Waals surface area contributed by atoms with Gasteiger partial charge in [0.25, 0.3) is 0 Å². The minimum absolute atomic E-state index is 0.358. The first-order valence-electron chi connectivity index (χ1n) is 9.21. The maximum atomic E-state index is 4.84. The Morgan fingerprint density at radius 1 is 0.963 bits per heavy atom. The van der Waals surface area contributed by atoms with Crippen molar-refractivity contribution in [1.29, 1.82) is 0 Å². The number of para-hydroxylation sites is 1. The SMILES string of the molecule is Cc1nc(C2CC2c2nc3c(C)cccc3[nH]2)cc(-n2nc(C)nc2C)n1.